The minimum atomic E-state index is -0.654. The SMILES string of the molecule is CC(=O)OC1=C(c2ccc(OC(C)CCCBr)cc2)C(=O)c2ccccc2C1=O. The summed E-state index contributed by atoms with van der Waals surface area (Å²) in [7, 11) is 0. The molecular weight excluding hydrogens is 436 g/mol. The van der Waals surface area contributed by atoms with Crippen molar-refractivity contribution in [3.8, 4) is 5.75 Å². The molecule has 0 bridgehead atoms. The van der Waals surface area contributed by atoms with Gasteiger partial charge in [-0.05, 0) is 37.5 Å². The number of halogens is 1. The fourth-order valence-corrected chi connectivity index (χ4v) is 3.54. The molecule has 29 heavy (non-hydrogen) atoms. The van der Waals surface area contributed by atoms with Crippen molar-refractivity contribution in [2.24, 2.45) is 0 Å². The Kier molecular flexibility index (Phi) is 6.64. The first kappa shape index (κ1) is 21.0. The Morgan fingerprint density at radius 3 is 2.21 bits per heavy atom. The first-order valence-corrected chi connectivity index (χ1v) is 10.5. The molecule has 0 amide bonds. The Labute approximate surface area is 177 Å². The molecule has 1 aliphatic carbocycles. The van der Waals surface area contributed by atoms with Gasteiger partial charge in [0.1, 0.15) is 5.75 Å². The summed E-state index contributed by atoms with van der Waals surface area (Å²) in [6.07, 6.45) is 1.98. The van der Waals surface area contributed by atoms with Crippen molar-refractivity contribution in [2.75, 3.05) is 5.33 Å². The quantitative estimate of drug-likeness (QED) is 0.433. The molecule has 5 nitrogen and oxygen atoms in total. The summed E-state index contributed by atoms with van der Waals surface area (Å²) >= 11 is 3.41. The lowest BCUT2D eigenvalue weighted by atomic mass is 9.85. The zero-order valence-electron chi connectivity index (χ0n) is 16.2. The molecule has 1 atom stereocenters. The number of hydrogen-bond acceptors (Lipinski definition) is 5. The third kappa shape index (κ3) is 4.65. The monoisotopic (exact) mass is 456 g/mol. The van der Waals surface area contributed by atoms with E-state index >= 15 is 0 Å². The number of rotatable bonds is 7. The summed E-state index contributed by atoms with van der Waals surface area (Å²) in [5, 5.41) is 0.921. The predicted octanol–water partition coefficient (Wildman–Crippen LogP) is 4.98. The fraction of sp³-hybridized carbons (Fsp3) is 0.261. The highest BCUT2D eigenvalue weighted by atomic mass is 79.9. The third-order valence-corrected chi connectivity index (χ3v) is 5.11. The van der Waals surface area contributed by atoms with Crippen molar-refractivity contribution < 1.29 is 23.9 Å². The van der Waals surface area contributed by atoms with Gasteiger partial charge in [0.2, 0.25) is 5.78 Å². The van der Waals surface area contributed by atoms with Gasteiger partial charge in [-0.25, -0.2) is 0 Å². The van der Waals surface area contributed by atoms with E-state index in [1.807, 2.05) is 6.92 Å². The third-order valence-electron chi connectivity index (χ3n) is 4.55. The highest BCUT2D eigenvalue weighted by molar-refractivity contribution is 9.09. The molecule has 1 aliphatic rings. The summed E-state index contributed by atoms with van der Waals surface area (Å²) in [5.41, 5.74) is 1.11. The zero-order chi connectivity index (χ0) is 21.0. The van der Waals surface area contributed by atoms with Gasteiger partial charge < -0.3 is 9.47 Å². The molecule has 2 aromatic carbocycles. The van der Waals surface area contributed by atoms with E-state index in [0.717, 1.165) is 18.2 Å². The number of hydrogen-bond donors (Lipinski definition) is 0. The number of ketones is 2. The summed E-state index contributed by atoms with van der Waals surface area (Å²) in [4.78, 5) is 37.5. The van der Waals surface area contributed by atoms with Crippen molar-refractivity contribution >= 4 is 39.0 Å². The van der Waals surface area contributed by atoms with Crippen molar-refractivity contribution in [1.82, 2.24) is 0 Å². The molecule has 2 aromatic rings. The van der Waals surface area contributed by atoms with E-state index in [9.17, 15) is 14.4 Å². The molecular formula is C23H21BrO5. The zero-order valence-corrected chi connectivity index (χ0v) is 17.8. The Morgan fingerprint density at radius 1 is 1.00 bits per heavy atom. The van der Waals surface area contributed by atoms with Crippen LogP contribution in [0.1, 0.15) is 53.0 Å². The lowest BCUT2D eigenvalue weighted by molar-refractivity contribution is -0.136. The van der Waals surface area contributed by atoms with E-state index in [0.29, 0.717) is 16.9 Å². The highest BCUT2D eigenvalue weighted by Gasteiger charge is 2.35. The molecule has 0 saturated heterocycles. The molecule has 0 radical (unpaired) electrons. The van der Waals surface area contributed by atoms with Gasteiger partial charge in [0.15, 0.2) is 11.5 Å². The molecule has 6 heteroatoms. The summed E-state index contributed by atoms with van der Waals surface area (Å²) in [5.74, 6) is -1.05. The van der Waals surface area contributed by atoms with E-state index in [2.05, 4.69) is 15.9 Å². The van der Waals surface area contributed by atoms with E-state index in [1.165, 1.54) is 6.92 Å². The molecule has 0 saturated carbocycles. The standard InChI is InChI=1S/C23H21BrO5/c1-14(6-5-13-24)28-17-11-9-16(10-12-17)20-21(26)18-7-3-4-8-19(18)22(27)23(20)29-15(2)25/h3-4,7-12,14H,5-6,13H2,1-2H3. The molecule has 0 aromatic heterocycles. The van der Waals surface area contributed by atoms with Gasteiger partial charge in [-0.3, -0.25) is 14.4 Å². The number of fused-ring (bicyclic) bond motifs is 1. The van der Waals surface area contributed by atoms with Gasteiger partial charge in [-0.15, -0.1) is 0 Å². The van der Waals surface area contributed by atoms with Crippen molar-refractivity contribution in [1.29, 1.82) is 0 Å². The maximum atomic E-state index is 13.1. The highest BCUT2D eigenvalue weighted by Crippen LogP contribution is 2.34. The maximum absolute atomic E-state index is 13.1. The largest absolute Gasteiger partial charge is 0.491 e. The molecule has 1 unspecified atom stereocenters. The van der Waals surface area contributed by atoms with E-state index < -0.39 is 11.8 Å². The topological polar surface area (TPSA) is 69.7 Å². The molecule has 150 valence electrons. The summed E-state index contributed by atoms with van der Waals surface area (Å²) in [6.45, 7) is 3.20. The van der Waals surface area contributed by atoms with Crippen LogP contribution in [0.3, 0.4) is 0 Å². The number of carbonyl (C=O) groups excluding carboxylic acids is 3. The Hall–Kier alpha value is -2.73. The van der Waals surface area contributed by atoms with Gasteiger partial charge in [0.25, 0.3) is 0 Å². The number of carbonyl (C=O) groups is 3. The van der Waals surface area contributed by atoms with Gasteiger partial charge in [0.05, 0.1) is 11.7 Å². The normalized spacial score (nSPS) is 14.4. The number of ether oxygens (including phenoxy) is 2. The molecule has 0 spiro atoms. The first-order chi connectivity index (χ1) is 13.9. The van der Waals surface area contributed by atoms with Crippen LogP contribution in [-0.4, -0.2) is 29.0 Å². The van der Waals surface area contributed by atoms with Gasteiger partial charge >= 0.3 is 5.97 Å². The predicted molar refractivity (Wildman–Crippen MR) is 113 cm³/mol. The molecule has 0 N–H and O–H groups in total. The van der Waals surface area contributed by atoms with Gasteiger partial charge in [0, 0.05) is 23.4 Å². The molecule has 0 fully saturated rings. The maximum Gasteiger partial charge on any atom is 0.308 e. The van der Waals surface area contributed by atoms with Crippen LogP contribution in [0.15, 0.2) is 54.3 Å². The smallest absolute Gasteiger partial charge is 0.308 e. The van der Waals surface area contributed by atoms with Crippen molar-refractivity contribution in [3.63, 3.8) is 0 Å². The Balaban J connectivity index is 1.96. The van der Waals surface area contributed by atoms with Crippen LogP contribution in [0, 0.1) is 0 Å². The van der Waals surface area contributed by atoms with Crippen LogP contribution in [0.5, 0.6) is 5.75 Å². The average molecular weight is 457 g/mol. The minimum Gasteiger partial charge on any atom is -0.491 e. The van der Waals surface area contributed by atoms with Crippen LogP contribution in [0.4, 0.5) is 0 Å². The van der Waals surface area contributed by atoms with Crippen LogP contribution in [-0.2, 0) is 9.53 Å². The Bertz CT molecular complexity index is 975. The minimum absolute atomic E-state index is 0.0546. The summed E-state index contributed by atoms with van der Waals surface area (Å²) in [6, 6.07) is 13.4. The summed E-state index contributed by atoms with van der Waals surface area (Å²) < 4.78 is 11.1. The second-order valence-electron chi connectivity index (χ2n) is 6.79. The molecule has 0 aliphatic heterocycles. The fourth-order valence-electron chi connectivity index (χ4n) is 3.21. The molecule has 3 rings (SSSR count). The van der Waals surface area contributed by atoms with Crippen molar-refractivity contribution in [2.45, 2.75) is 32.8 Å². The number of alkyl halides is 1. The van der Waals surface area contributed by atoms with E-state index in [4.69, 9.17) is 9.47 Å². The average Bonchev–Trinajstić information content (AvgIpc) is 2.71. The second-order valence-corrected chi connectivity index (χ2v) is 7.58. The van der Waals surface area contributed by atoms with Crippen LogP contribution < -0.4 is 4.74 Å². The second kappa shape index (κ2) is 9.18. The van der Waals surface area contributed by atoms with Crippen LogP contribution >= 0.6 is 15.9 Å². The van der Waals surface area contributed by atoms with Crippen LogP contribution in [0.2, 0.25) is 0 Å². The lowest BCUT2D eigenvalue weighted by Crippen LogP contribution is -2.24. The first-order valence-electron chi connectivity index (χ1n) is 9.36. The van der Waals surface area contributed by atoms with E-state index in [1.54, 1.807) is 48.5 Å². The number of allylic oxidation sites excluding steroid dienone is 2. The van der Waals surface area contributed by atoms with Crippen molar-refractivity contribution in [3.05, 3.63) is 71.0 Å². The number of benzene rings is 2. The molecule has 0 heterocycles. The number of esters is 1. The van der Waals surface area contributed by atoms with Gasteiger partial charge in [-0.2, -0.15) is 0 Å². The number of Topliss-reactive ketones (excluding diaryl/α,β-unsaturated/α-hetero) is 2. The Morgan fingerprint density at radius 2 is 1.62 bits per heavy atom. The lowest BCUT2D eigenvalue weighted by Gasteiger charge is -2.20. The van der Waals surface area contributed by atoms with E-state index in [-0.39, 0.29) is 28.8 Å². The van der Waals surface area contributed by atoms with Gasteiger partial charge in [-0.1, -0.05) is 52.3 Å². The van der Waals surface area contributed by atoms with Crippen LogP contribution in [0.25, 0.3) is 5.57 Å².